The van der Waals surface area contributed by atoms with Crippen molar-refractivity contribution in [2.45, 2.75) is 6.92 Å². The molecule has 70 valence electrons. The standard InChI is InChI=1S/C10H8N2O2/c1-2-13-7-3-4-8-9(5-7)14-10(6-11)12-8/h3-5H,2H2,1H3. The summed E-state index contributed by atoms with van der Waals surface area (Å²) in [5.41, 5.74) is 1.25. The van der Waals surface area contributed by atoms with Crippen LogP contribution in [0.4, 0.5) is 0 Å². The number of hydrogen-bond acceptors (Lipinski definition) is 4. The maximum absolute atomic E-state index is 8.57. The Labute approximate surface area is 80.7 Å². The van der Waals surface area contributed by atoms with E-state index in [1.807, 2.05) is 13.0 Å². The molecule has 0 saturated heterocycles. The van der Waals surface area contributed by atoms with Gasteiger partial charge in [0.2, 0.25) is 0 Å². The summed E-state index contributed by atoms with van der Waals surface area (Å²) in [6.45, 7) is 2.51. The number of nitrogens with zero attached hydrogens (tertiary/aromatic N) is 2. The number of aromatic nitrogens is 1. The zero-order chi connectivity index (χ0) is 9.97. The predicted octanol–water partition coefficient (Wildman–Crippen LogP) is 2.10. The van der Waals surface area contributed by atoms with Crippen LogP contribution in [-0.2, 0) is 0 Å². The molecule has 0 bridgehead atoms. The van der Waals surface area contributed by atoms with E-state index in [1.54, 1.807) is 18.2 Å². The second-order valence-electron chi connectivity index (χ2n) is 2.69. The van der Waals surface area contributed by atoms with Gasteiger partial charge in [0.1, 0.15) is 11.3 Å². The van der Waals surface area contributed by atoms with Gasteiger partial charge in [-0.15, -0.1) is 0 Å². The number of nitriles is 1. The lowest BCUT2D eigenvalue weighted by Gasteiger charge is -2.00. The van der Waals surface area contributed by atoms with Crippen molar-refractivity contribution in [3.63, 3.8) is 0 Å². The number of rotatable bonds is 2. The molecule has 0 saturated carbocycles. The van der Waals surface area contributed by atoms with Crippen LogP contribution in [-0.4, -0.2) is 11.6 Å². The lowest BCUT2D eigenvalue weighted by Crippen LogP contribution is -1.90. The first kappa shape index (κ1) is 8.57. The molecule has 0 radical (unpaired) electrons. The zero-order valence-corrected chi connectivity index (χ0v) is 7.65. The topological polar surface area (TPSA) is 59.0 Å². The Morgan fingerprint density at radius 2 is 2.43 bits per heavy atom. The van der Waals surface area contributed by atoms with Gasteiger partial charge in [0, 0.05) is 6.07 Å². The van der Waals surface area contributed by atoms with Crippen LogP contribution in [0.25, 0.3) is 11.1 Å². The average Bonchev–Trinajstić information content (AvgIpc) is 2.60. The normalized spacial score (nSPS) is 10.0. The molecule has 0 unspecified atom stereocenters. The highest BCUT2D eigenvalue weighted by Crippen LogP contribution is 2.21. The molecule has 0 amide bonds. The smallest absolute Gasteiger partial charge is 0.301 e. The van der Waals surface area contributed by atoms with Gasteiger partial charge in [-0.3, -0.25) is 0 Å². The van der Waals surface area contributed by atoms with Crippen molar-refractivity contribution in [2.24, 2.45) is 0 Å². The molecule has 14 heavy (non-hydrogen) atoms. The summed E-state index contributed by atoms with van der Waals surface area (Å²) < 4.78 is 10.4. The largest absolute Gasteiger partial charge is 0.494 e. The second kappa shape index (κ2) is 3.38. The molecule has 1 aromatic heterocycles. The number of oxazole rings is 1. The zero-order valence-electron chi connectivity index (χ0n) is 7.65. The monoisotopic (exact) mass is 188 g/mol. The Balaban J connectivity index is 2.50. The molecule has 2 rings (SSSR count). The molecule has 0 aliphatic rings. The Hall–Kier alpha value is -2.02. The minimum absolute atomic E-state index is 0.0775. The highest BCUT2D eigenvalue weighted by Gasteiger charge is 2.05. The van der Waals surface area contributed by atoms with Gasteiger partial charge >= 0.3 is 5.89 Å². The summed E-state index contributed by atoms with van der Waals surface area (Å²) in [6.07, 6.45) is 0. The fraction of sp³-hybridized carbons (Fsp3) is 0.200. The second-order valence-corrected chi connectivity index (χ2v) is 2.69. The number of fused-ring (bicyclic) bond motifs is 1. The fourth-order valence-electron chi connectivity index (χ4n) is 1.21. The molecule has 0 atom stereocenters. The average molecular weight is 188 g/mol. The first-order valence-corrected chi connectivity index (χ1v) is 4.27. The minimum Gasteiger partial charge on any atom is -0.494 e. The molecule has 0 aliphatic carbocycles. The molecule has 1 heterocycles. The van der Waals surface area contributed by atoms with Gasteiger partial charge in [0.05, 0.1) is 6.61 Å². The third-order valence-corrected chi connectivity index (χ3v) is 1.77. The van der Waals surface area contributed by atoms with E-state index in [0.29, 0.717) is 17.7 Å². The maximum atomic E-state index is 8.57. The van der Waals surface area contributed by atoms with E-state index in [4.69, 9.17) is 14.4 Å². The first-order chi connectivity index (χ1) is 6.83. The van der Waals surface area contributed by atoms with Gasteiger partial charge in [-0.2, -0.15) is 10.2 Å². The Kier molecular flexibility index (Phi) is 2.07. The molecule has 2 aromatic rings. The Bertz CT molecular complexity index is 496. The third-order valence-electron chi connectivity index (χ3n) is 1.77. The van der Waals surface area contributed by atoms with Crippen molar-refractivity contribution < 1.29 is 9.15 Å². The molecular formula is C10H8N2O2. The Morgan fingerprint density at radius 3 is 3.14 bits per heavy atom. The van der Waals surface area contributed by atoms with Gasteiger partial charge in [-0.05, 0) is 19.1 Å². The van der Waals surface area contributed by atoms with Gasteiger partial charge in [0.15, 0.2) is 11.7 Å². The van der Waals surface area contributed by atoms with Crippen LogP contribution in [0.3, 0.4) is 0 Å². The van der Waals surface area contributed by atoms with E-state index in [1.165, 1.54) is 0 Å². The summed E-state index contributed by atoms with van der Waals surface area (Å²) in [6, 6.07) is 7.15. The van der Waals surface area contributed by atoms with Gasteiger partial charge < -0.3 is 9.15 Å². The van der Waals surface area contributed by atoms with Crippen molar-refractivity contribution in [3.05, 3.63) is 24.1 Å². The van der Waals surface area contributed by atoms with E-state index in [-0.39, 0.29) is 5.89 Å². The van der Waals surface area contributed by atoms with Crippen molar-refractivity contribution in [2.75, 3.05) is 6.61 Å². The summed E-state index contributed by atoms with van der Waals surface area (Å²) in [5.74, 6) is 0.800. The third kappa shape index (κ3) is 1.40. The van der Waals surface area contributed by atoms with Crippen molar-refractivity contribution in [1.82, 2.24) is 4.98 Å². The Morgan fingerprint density at radius 1 is 1.57 bits per heavy atom. The van der Waals surface area contributed by atoms with E-state index >= 15 is 0 Å². The molecule has 0 aliphatic heterocycles. The van der Waals surface area contributed by atoms with Crippen LogP contribution in [0.2, 0.25) is 0 Å². The lowest BCUT2D eigenvalue weighted by atomic mass is 10.3. The molecular weight excluding hydrogens is 180 g/mol. The maximum Gasteiger partial charge on any atom is 0.301 e. The summed E-state index contributed by atoms with van der Waals surface area (Å²) in [5, 5.41) is 8.57. The van der Waals surface area contributed by atoms with Gasteiger partial charge in [-0.1, -0.05) is 0 Å². The molecule has 0 fully saturated rings. The first-order valence-electron chi connectivity index (χ1n) is 4.27. The SMILES string of the molecule is CCOc1ccc2nc(C#N)oc2c1. The minimum atomic E-state index is 0.0775. The van der Waals surface area contributed by atoms with Crippen LogP contribution in [0.15, 0.2) is 22.6 Å². The van der Waals surface area contributed by atoms with Crippen molar-refractivity contribution in [1.29, 1.82) is 5.26 Å². The molecule has 4 nitrogen and oxygen atoms in total. The molecule has 1 aromatic carbocycles. The van der Waals surface area contributed by atoms with Crippen LogP contribution in [0, 0.1) is 11.3 Å². The van der Waals surface area contributed by atoms with Crippen LogP contribution in [0.1, 0.15) is 12.8 Å². The van der Waals surface area contributed by atoms with E-state index in [2.05, 4.69) is 4.98 Å². The summed E-state index contributed by atoms with van der Waals surface area (Å²) >= 11 is 0. The van der Waals surface area contributed by atoms with Crippen LogP contribution < -0.4 is 4.74 Å². The summed E-state index contributed by atoms with van der Waals surface area (Å²) in [4.78, 5) is 3.95. The van der Waals surface area contributed by atoms with E-state index < -0.39 is 0 Å². The molecule has 0 spiro atoms. The van der Waals surface area contributed by atoms with E-state index in [9.17, 15) is 0 Å². The molecule has 0 N–H and O–H groups in total. The quantitative estimate of drug-likeness (QED) is 0.724. The molecule has 4 heteroatoms. The van der Waals surface area contributed by atoms with Gasteiger partial charge in [0.25, 0.3) is 0 Å². The lowest BCUT2D eigenvalue weighted by molar-refractivity contribution is 0.340. The predicted molar refractivity (Wildman–Crippen MR) is 49.9 cm³/mol. The van der Waals surface area contributed by atoms with Crippen molar-refractivity contribution >= 4 is 11.1 Å². The van der Waals surface area contributed by atoms with Crippen LogP contribution >= 0.6 is 0 Å². The highest BCUT2D eigenvalue weighted by molar-refractivity contribution is 5.74. The number of hydrogen-bond donors (Lipinski definition) is 0. The number of ether oxygens (including phenoxy) is 1. The van der Waals surface area contributed by atoms with Crippen molar-refractivity contribution in [3.8, 4) is 11.8 Å². The summed E-state index contributed by atoms with van der Waals surface area (Å²) in [7, 11) is 0. The fourth-order valence-corrected chi connectivity index (χ4v) is 1.21. The van der Waals surface area contributed by atoms with Crippen LogP contribution in [0.5, 0.6) is 5.75 Å². The van der Waals surface area contributed by atoms with E-state index in [0.717, 1.165) is 5.75 Å². The number of benzene rings is 1. The van der Waals surface area contributed by atoms with Gasteiger partial charge in [-0.25, -0.2) is 0 Å². The highest BCUT2D eigenvalue weighted by atomic mass is 16.5.